The fourth-order valence-electron chi connectivity index (χ4n) is 4.38. The van der Waals surface area contributed by atoms with Gasteiger partial charge in [0, 0.05) is 17.3 Å². The van der Waals surface area contributed by atoms with Crippen LogP contribution >= 0.6 is 11.6 Å². The highest BCUT2D eigenvalue weighted by Gasteiger charge is 2.28. The topological polar surface area (TPSA) is 112 Å². The summed E-state index contributed by atoms with van der Waals surface area (Å²) in [6, 6.07) is 11.7. The number of aromatic nitrogens is 4. The van der Waals surface area contributed by atoms with Gasteiger partial charge >= 0.3 is 0 Å². The smallest absolute Gasteiger partial charge is 0.123 e. The molecule has 2 aromatic carbocycles. The maximum absolute atomic E-state index is 13.7. The van der Waals surface area contributed by atoms with Gasteiger partial charge in [0.2, 0.25) is 0 Å². The van der Waals surface area contributed by atoms with E-state index in [2.05, 4.69) is 32.0 Å². The lowest BCUT2D eigenvalue weighted by Gasteiger charge is -2.31. The molecule has 0 bridgehead atoms. The second-order valence-electron chi connectivity index (χ2n) is 10.7. The molecule has 3 N–H and O–H groups in total. The Kier molecular flexibility index (Phi) is 6.95. The van der Waals surface area contributed by atoms with E-state index in [1.54, 1.807) is 18.2 Å². The van der Waals surface area contributed by atoms with Crippen molar-refractivity contribution >= 4 is 33.9 Å². The average Bonchev–Trinajstić information content (AvgIpc) is 3.62. The molecule has 1 saturated carbocycles. The van der Waals surface area contributed by atoms with E-state index in [1.165, 1.54) is 18.3 Å². The molecule has 196 valence electrons. The highest BCUT2D eigenvalue weighted by atomic mass is 35.5. The third kappa shape index (κ3) is 5.28. The first-order chi connectivity index (χ1) is 18.2. The predicted molar refractivity (Wildman–Crippen MR) is 146 cm³/mol. The zero-order chi connectivity index (χ0) is 27.0. The molecule has 38 heavy (non-hydrogen) atoms. The van der Waals surface area contributed by atoms with Crippen molar-refractivity contribution < 1.29 is 9.50 Å². The summed E-state index contributed by atoms with van der Waals surface area (Å²) in [5, 5.41) is 36.5. The van der Waals surface area contributed by atoms with Crippen LogP contribution in [-0.2, 0) is 0 Å². The Labute approximate surface area is 225 Å². The lowest BCUT2D eigenvalue weighted by Crippen LogP contribution is -2.37. The van der Waals surface area contributed by atoms with Gasteiger partial charge in [-0.05, 0) is 48.1 Å². The molecule has 0 spiro atoms. The lowest BCUT2D eigenvalue weighted by molar-refractivity contribution is 0.202. The van der Waals surface area contributed by atoms with Crippen LogP contribution in [0.2, 0.25) is 5.02 Å². The Morgan fingerprint density at radius 2 is 1.95 bits per heavy atom. The molecule has 5 rings (SSSR count). The summed E-state index contributed by atoms with van der Waals surface area (Å²) in [6.45, 7) is 5.92. The molecule has 1 aliphatic carbocycles. The van der Waals surface area contributed by atoms with Crippen LogP contribution < -0.4 is 10.6 Å². The molecule has 8 nitrogen and oxygen atoms in total. The maximum atomic E-state index is 13.7. The first-order valence-electron chi connectivity index (χ1n) is 12.5. The van der Waals surface area contributed by atoms with Crippen molar-refractivity contribution in [2.45, 2.75) is 51.7 Å². The van der Waals surface area contributed by atoms with Gasteiger partial charge in [-0.2, -0.15) is 5.26 Å². The largest absolute Gasteiger partial charge is 0.394 e. The summed E-state index contributed by atoms with van der Waals surface area (Å²) in [5.74, 6) is -0.328. The van der Waals surface area contributed by atoms with Gasteiger partial charge in [0.05, 0.1) is 52.7 Å². The number of hydrogen-bond donors (Lipinski definition) is 3. The number of pyridine rings is 1. The van der Waals surface area contributed by atoms with Crippen LogP contribution in [0.4, 0.5) is 15.8 Å². The summed E-state index contributed by atoms with van der Waals surface area (Å²) in [6.07, 6.45) is 5.55. The number of aliphatic hydroxyl groups is 1. The van der Waals surface area contributed by atoms with Crippen LogP contribution in [0, 0.1) is 22.6 Å². The van der Waals surface area contributed by atoms with Crippen molar-refractivity contribution in [3.05, 3.63) is 76.5 Å². The monoisotopic (exact) mass is 533 g/mol. The number of aliphatic hydroxyl groups excluding tert-OH is 1. The van der Waals surface area contributed by atoms with Gasteiger partial charge in [0.25, 0.3) is 0 Å². The summed E-state index contributed by atoms with van der Waals surface area (Å²) < 4.78 is 15.6. The zero-order valence-corrected chi connectivity index (χ0v) is 22.2. The fraction of sp³-hybridized carbons (Fsp3) is 0.357. The Bertz CT molecular complexity index is 1500. The molecule has 10 heteroatoms. The normalized spacial score (nSPS) is 15.2. The van der Waals surface area contributed by atoms with E-state index >= 15 is 0 Å². The van der Waals surface area contributed by atoms with Crippen molar-refractivity contribution in [3.8, 4) is 6.07 Å². The number of fused-ring (bicyclic) bond motifs is 1. The number of benzene rings is 2. The third-order valence-corrected chi connectivity index (χ3v) is 7.14. The number of nitriles is 1. The Morgan fingerprint density at radius 3 is 2.58 bits per heavy atom. The maximum Gasteiger partial charge on any atom is 0.123 e. The first-order valence-corrected chi connectivity index (χ1v) is 12.9. The number of rotatable bonds is 8. The van der Waals surface area contributed by atoms with Crippen molar-refractivity contribution in [1.29, 1.82) is 5.26 Å². The van der Waals surface area contributed by atoms with Crippen LogP contribution in [0.1, 0.15) is 62.5 Å². The molecular weight excluding hydrogens is 505 g/mol. The highest BCUT2D eigenvalue weighted by molar-refractivity contribution is 6.35. The third-order valence-electron chi connectivity index (χ3n) is 6.85. The molecule has 0 amide bonds. The van der Waals surface area contributed by atoms with Gasteiger partial charge in [0.1, 0.15) is 17.6 Å². The number of anilines is 2. The van der Waals surface area contributed by atoms with Gasteiger partial charge in [0.15, 0.2) is 0 Å². The minimum Gasteiger partial charge on any atom is -0.394 e. The number of nitrogens with zero attached hydrogens (tertiary/aromatic N) is 5. The summed E-state index contributed by atoms with van der Waals surface area (Å²) >= 11 is 6.70. The molecule has 0 saturated heterocycles. The molecule has 1 fully saturated rings. The minimum absolute atomic E-state index is 0.118. The molecular formula is C28H29ClFN7O. The SMILES string of the molecule is CC(C)(C)[C@H](CO)Nc1c(C#N)cnc2c(Cl)cc(NC(c3ccc(F)cc3)c3cn(C4CC4)nn3)cc12. The molecule has 2 heterocycles. The standard InChI is InChI=1S/C28H29ClFN7O/c1-28(2,3)24(15-38)34-25-17(12-31)13-32-27-21(25)10-19(11-22(27)29)33-26(16-4-6-18(30)7-5-16)23-14-37(36-35-23)20-8-9-20/h4-7,10-11,13-14,20,24,26,33,38H,8-9,15H2,1-3H3,(H,32,34)/t24-,26?/m0/s1. The summed E-state index contributed by atoms with van der Waals surface area (Å²) in [7, 11) is 0. The number of hydrogen-bond acceptors (Lipinski definition) is 7. The lowest BCUT2D eigenvalue weighted by atomic mass is 9.87. The van der Waals surface area contributed by atoms with Crippen LogP contribution in [0.25, 0.3) is 10.9 Å². The number of nitrogens with one attached hydrogen (secondary N) is 2. The van der Waals surface area contributed by atoms with Crippen molar-refractivity contribution in [2.24, 2.45) is 5.41 Å². The highest BCUT2D eigenvalue weighted by Crippen LogP contribution is 2.38. The van der Waals surface area contributed by atoms with Gasteiger partial charge < -0.3 is 15.7 Å². The summed E-state index contributed by atoms with van der Waals surface area (Å²) in [5.41, 5.74) is 3.30. The molecule has 1 aliphatic rings. The van der Waals surface area contributed by atoms with Gasteiger partial charge in [-0.25, -0.2) is 9.07 Å². The van der Waals surface area contributed by atoms with Crippen LogP contribution in [0.5, 0.6) is 0 Å². The second kappa shape index (κ2) is 10.2. The Hall–Kier alpha value is -3.74. The van der Waals surface area contributed by atoms with E-state index in [-0.39, 0.29) is 23.9 Å². The molecule has 2 atom stereocenters. The van der Waals surface area contributed by atoms with Crippen molar-refractivity contribution in [3.63, 3.8) is 0 Å². The molecule has 0 radical (unpaired) electrons. The van der Waals surface area contributed by atoms with E-state index in [4.69, 9.17) is 11.6 Å². The Balaban J connectivity index is 1.59. The Morgan fingerprint density at radius 1 is 1.21 bits per heavy atom. The van der Waals surface area contributed by atoms with Gasteiger partial charge in [-0.15, -0.1) is 5.10 Å². The molecule has 2 aromatic heterocycles. The zero-order valence-electron chi connectivity index (χ0n) is 21.4. The summed E-state index contributed by atoms with van der Waals surface area (Å²) in [4.78, 5) is 4.43. The second-order valence-corrected chi connectivity index (χ2v) is 11.1. The van der Waals surface area contributed by atoms with E-state index in [1.807, 2.05) is 37.7 Å². The minimum atomic E-state index is -0.431. The van der Waals surface area contributed by atoms with Crippen molar-refractivity contribution in [1.82, 2.24) is 20.0 Å². The fourth-order valence-corrected chi connectivity index (χ4v) is 4.65. The first kappa shape index (κ1) is 25.9. The molecule has 1 unspecified atom stereocenters. The van der Waals surface area contributed by atoms with E-state index in [9.17, 15) is 14.8 Å². The quantitative estimate of drug-likeness (QED) is 0.260. The van der Waals surface area contributed by atoms with E-state index in [0.717, 1.165) is 18.4 Å². The van der Waals surface area contributed by atoms with Crippen molar-refractivity contribution in [2.75, 3.05) is 17.2 Å². The van der Waals surface area contributed by atoms with Crippen LogP contribution in [-0.4, -0.2) is 37.7 Å². The van der Waals surface area contributed by atoms with Crippen LogP contribution in [0.15, 0.2) is 48.8 Å². The van der Waals surface area contributed by atoms with Gasteiger partial charge in [-0.1, -0.05) is 49.7 Å². The molecule has 4 aromatic rings. The number of halogens is 2. The molecule has 0 aliphatic heterocycles. The van der Waals surface area contributed by atoms with E-state index in [0.29, 0.717) is 44.6 Å². The van der Waals surface area contributed by atoms with Gasteiger partial charge in [-0.3, -0.25) is 4.98 Å². The van der Waals surface area contributed by atoms with E-state index < -0.39 is 6.04 Å². The van der Waals surface area contributed by atoms with Crippen LogP contribution in [0.3, 0.4) is 0 Å². The predicted octanol–water partition coefficient (Wildman–Crippen LogP) is 5.85. The average molecular weight is 534 g/mol.